The second-order valence-corrected chi connectivity index (χ2v) is 12.3. The molecule has 0 amide bonds. The molecule has 0 saturated carbocycles. The van der Waals surface area contributed by atoms with E-state index in [0.717, 1.165) is 48.6 Å². The van der Waals surface area contributed by atoms with E-state index in [-0.39, 0.29) is 6.29 Å². The van der Waals surface area contributed by atoms with Gasteiger partial charge in [0.05, 0.1) is 34.9 Å². The third kappa shape index (κ3) is 7.00. The highest BCUT2D eigenvalue weighted by Gasteiger charge is 2.21. The van der Waals surface area contributed by atoms with Gasteiger partial charge in [-0.2, -0.15) is 9.50 Å². The molecule has 0 bridgehead atoms. The zero-order valence-corrected chi connectivity index (χ0v) is 23.6. The number of hydrogen-bond acceptors (Lipinski definition) is 5. The molecule has 1 aromatic heterocycles. The van der Waals surface area contributed by atoms with Crippen molar-refractivity contribution in [3.05, 3.63) is 70.5 Å². The summed E-state index contributed by atoms with van der Waals surface area (Å²) < 4.78 is 35.4. The second-order valence-electron chi connectivity index (χ2n) is 10.0. The standard InChI is InChI=1S/C28H34ClN3O4S/c1-19(31-37(33)28(2,3)4)25-17-21(32(30-25)26-14-13-23(34-5)18-24(26)29)16-20-9-11-22(12-10-20)36-27-8-6-7-15-35-27/h9-14,17-18,27H,6-8,15-16H2,1-5H3/t27?,37-/m0/s1. The van der Waals surface area contributed by atoms with Crippen LogP contribution < -0.4 is 9.47 Å². The first-order valence-electron chi connectivity index (χ1n) is 12.4. The summed E-state index contributed by atoms with van der Waals surface area (Å²) in [6.45, 7) is 8.27. The molecule has 3 aromatic rings. The molecule has 1 saturated heterocycles. The summed E-state index contributed by atoms with van der Waals surface area (Å²) in [6.07, 6.45) is 3.54. The number of aromatic nitrogens is 2. The van der Waals surface area contributed by atoms with Crippen molar-refractivity contribution in [2.75, 3.05) is 13.7 Å². The Morgan fingerprint density at radius 3 is 2.51 bits per heavy atom. The molecule has 2 atom stereocenters. The van der Waals surface area contributed by atoms with Crippen LogP contribution in [0, 0.1) is 0 Å². The molecular formula is C28H34ClN3O4S. The highest BCUT2D eigenvalue weighted by Crippen LogP contribution is 2.28. The Labute approximate surface area is 226 Å². The molecule has 1 aliphatic heterocycles. The number of benzene rings is 2. The van der Waals surface area contributed by atoms with Gasteiger partial charge in [-0.05, 0) is 76.4 Å². The van der Waals surface area contributed by atoms with Gasteiger partial charge in [0.1, 0.15) is 28.2 Å². The Hall–Kier alpha value is -2.68. The van der Waals surface area contributed by atoms with E-state index in [1.165, 1.54) is 0 Å². The van der Waals surface area contributed by atoms with Gasteiger partial charge in [-0.3, -0.25) is 0 Å². The van der Waals surface area contributed by atoms with Crippen molar-refractivity contribution in [2.24, 2.45) is 4.40 Å². The van der Waals surface area contributed by atoms with Gasteiger partial charge in [0.15, 0.2) is 6.29 Å². The summed E-state index contributed by atoms with van der Waals surface area (Å²) in [5.74, 6) is 1.45. The summed E-state index contributed by atoms with van der Waals surface area (Å²) in [5, 5.41) is 5.32. The van der Waals surface area contributed by atoms with Gasteiger partial charge in [-0.1, -0.05) is 23.7 Å². The van der Waals surface area contributed by atoms with Crippen molar-refractivity contribution < 1.29 is 18.4 Å². The number of rotatable bonds is 8. The maximum atomic E-state index is 12.6. The van der Waals surface area contributed by atoms with Gasteiger partial charge in [-0.15, -0.1) is 0 Å². The fourth-order valence-electron chi connectivity index (χ4n) is 3.88. The van der Waals surface area contributed by atoms with Gasteiger partial charge in [0, 0.05) is 24.6 Å². The third-order valence-electron chi connectivity index (χ3n) is 5.99. The van der Waals surface area contributed by atoms with Crippen molar-refractivity contribution in [2.45, 2.75) is 64.4 Å². The minimum Gasteiger partial charge on any atom is -0.497 e. The molecule has 2 aromatic carbocycles. The van der Waals surface area contributed by atoms with Gasteiger partial charge in [0.2, 0.25) is 0 Å². The lowest BCUT2D eigenvalue weighted by Crippen LogP contribution is -2.24. The van der Waals surface area contributed by atoms with Crippen molar-refractivity contribution in [1.29, 1.82) is 0 Å². The minimum atomic E-state index is -1.39. The van der Waals surface area contributed by atoms with Gasteiger partial charge in [0.25, 0.3) is 0 Å². The lowest BCUT2D eigenvalue weighted by Gasteiger charge is -2.23. The van der Waals surface area contributed by atoms with Crippen LogP contribution in [0.2, 0.25) is 5.02 Å². The molecule has 4 rings (SSSR count). The maximum absolute atomic E-state index is 12.6. The van der Waals surface area contributed by atoms with Crippen LogP contribution in [0.15, 0.2) is 52.9 Å². The van der Waals surface area contributed by atoms with Crippen molar-refractivity contribution in [3.63, 3.8) is 0 Å². The predicted molar refractivity (Wildman–Crippen MR) is 149 cm³/mol. The first kappa shape index (κ1) is 27.4. The van der Waals surface area contributed by atoms with Gasteiger partial charge < -0.3 is 14.2 Å². The van der Waals surface area contributed by atoms with Crippen molar-refractivity contribution in [1.82, 2.24) is 9.78 Å². The molecule has 2 heterocycles. The van der Waals surface area contributed by atoms with Gasteiger partial charge in [-0.25, -0.2) is 8.89 Å². The molecular weight excluding hydrogens is 510 g/mol. The second kappa shape index (κ2) is 11.8. The Morgan fingerprint density at radius 1 is 1.16 bits per heavy atom. The highest BCUT2D eigenvalue weighted by atomic mass is 35.5. The lowest BCUT2D eigenvalue weighted by molar-refractivity contribution is -0.105. The SMILES string of the molecule is COc1ccc(-n2nc(C(C)=N[S@@](=O)C(C)(C)C)cc2Cc2ccc(OC3CCCCO3)cc2)c(Cl)c1. The first-order chi connectivity index (χ1) is 17.6. The van der Waals surface area contributed by atoms with Gasteiger partial charge >= 0.3 is 0 Å². The number of ether oxygens (including phenoxy) is 3. The Morgan fingerprint density at radius 2 is 1.89 bits per heavy atom. The molecule has 9 heteroatoms. The largest absolute Gasteiger partial charge is 0.497 e. The van der Waals surface area contributed by atoms with Crippen LogP contribution in [0.3, 0.4) is 0 Å². The van der Waals surface area contributed by atoms with Crippen LogP contribution in [0.4, 0.5) is 0 Å². The van der Waals surface area contributed by atoms with E-state index >= 15 is 0 Å². The molecule has 7 nitrogen and oxygen atoms in total. The Balaban J connectivity index is 1.64. The number of hydrogen-bond donors (Lipinski definition) is 0. The van der Waals surface area contributed by atoms with Crippen LogP contribution in [0.5, 0.6) is 11.5 Å². The maximum Gasteiger partial charge on any atom is 0.199 e. The quantitative estimate of drug-likeness (QED) is 0.312. The number of methoxy groups -OCH3 is 1. The molecule has 0 spiro atoms. The smallest absolute Gasteiger partial charge is 0.199 e. The van der Waals surface area contributed by atoms with Crippen LogP contribution in [-0.4, -0.2) is 44.5 Å². The molecule has 1 unspecified atom stereocenters. The summed E-state index contributed by atoms with van der Waals surface area (Å²) in [5.41, 5.74) is 3.98. The fourth-order valence-corrected chi connectivity index (χ4v) is 4.74. The molecule has 1 fully saturated rings. The molecule has 1 aliphatic rings. The van der Waals surface area contributed by atoms with Crippen molar-refractivity contribution in [3.8, 4) is 17.2 Å². The van der Waals surface area contributed by atoms with E-state index in [0.29, 0.717) is 28.6 Å². The molecule has 0 aliphatic carbocycles. The molecule has 198 valence electrons. The summed E-state index contributed by atoms with van der Waals surface area (Å²) >= 11 is 6.62. The average molecular weight is 544 g/mol. The lowest BCUT2D eigenvalue weighted by atomic mass is 10.1. The van der Waals surface area contributed by atoms with E-state index in [1.54, 1.807) is 13.2 Å². The minimum absolute atomic E-state index is 0.179. The first-order valence-corrected chi connectivity index (χ1v) is 13.9. The summed E-state index contributed by atoms with van der Waals surface area (Å²) in [6, 6.07) is 15.5. The zero-order valence-electron chi connectivity index (χ0n) is 22.0. The van der Waals surface area contributed by atoms with Crippen LogP contribution in [-0.2, 0) is 22.1 Å². The predicted octanol–water partition coefficient (Wildman–Crippen LogP) is 6.30. The fraction of sp³-hybridized carbons (Fsp3) is 0.429. The monoisotopic (exact) mass is 543 g/mol. The van der Waals surface area contributed by atoms with E-state index in [1.807, 2.05) is 74.8 Å². The summed E-state index contributed by atoms with van der Waals surface area (Å²) in [4.78, 5) is 0. The Kier molecular flexibility index (Phi) is 8.72. The zero-order chi connectivity index (χ0) is 26.6. The van der Waals surface area contributed by atoms with E-state index in [4.69, 9.17) is 30.9 Å². The van der Waals surface area contributed by atoms with Crippen LogP contribution in [0.25, 0.3) is 5.69 Å². The molecule has 0 radical (unpaired) electrons. The van der Waals surface area contributed by atoms with Crippen molar-refractivity contribution >= 4 is 28.3 Å². The number of halogens is 1. The van der Waals surface area contributed by atoms with Crippen LogP contribution >= 0.6 is 11.6 Å². The number of nitrogens with zero attached hydrogens (tertiary/aromatic N) is 3. The topological polar surface area (TPSA) is 74.9 Å². The summed E-state index contributed by atoms with van der Waals surface area (Å²) in [7, 11) is 0.212. The normalized spacial score (nSPS) is 17.5. The Bertz CT molecular complexity index is 1280. The average Bonchev–Trinajstić information content (AvgIpc) is 3.28. The van der Waals surface area contributed by atoms with Crippen LogP contribution in [0.1, 0.15) is 63.9 Å². The van der Waals surface area contributed by atoms with E-state index < -0.39 is 15.7 Å². The highest BCUT2D eigenvalue weighted by molar-refractivity contribution is 7.85. The third-order valence-corrected chi connectivity index (χ3v) is 7.78. The molecule has 37 heavy (non-hydrogen) atoms. The molecule has 0 N–H and O–H groups in total. The van der Waals surface area contributed by atoms with E-state index in [9.17, 15) is 4.21 Å². The van der Waals surface area contributed by atoms with E-state index in [2.05, 4.69) is 4.40 Å².